The summed E-state index contributed by atoms with van der Waals surface area (Å²) < 4.78 is 0. The van der Waals surface area contributed by atoms with Crippen LogP contribution in [0.1, 0.15) is 26.2 Å². The van der Waals surface area contributed by atoms with E-state index in [1.807, 2.05) is 0 Å². The second kappa shape index (κ2) is 1.83. The molecule has 41 valence electrons. The van der Waals surface area contributed by atoms with E-state index in [0.29, 0.717) is 12.0 Å². The maximum Gasteiger partial charge on any atom is -0.0512 e. The lowest BCUT2D eigenvalue weighted by atomic mass is 9.82. The van der Waals surface area contributed by atoms with Crippen molar-refractivity contribution in [3.63, 3.8) is 0 Å². The van der Waals surface area contributed by atoms with Gasteiger partial charge in [0.2, 0.25) is 0 Å². The molecule has 0 unspecified atom stereocenters. The molecule has 1 rings (SSSR count). The van der Waals surface area contributed by atoms with E-state index in [1.54, 1.807) is 6.92 Å². The molecular formula is C6H10O-. The molecule has 1 nitrogen and oxygen atoms in total. The van der Waals surface area contributed by atoms with Crippen LogP contribution in [0.4, 0.5) is 0 Å². The van der Waals surface area contributed by atoms with E-state index in [1.165, 1.54) is 6.42 Å². The topological polar surface area (TPSA) is 23.1 Å². The molecule has 0 atom stereocenters. The van der Waals surface area contributed by atoms with Gasteiger partial charge in [-0.05, 0) is 0 Å². The van der Waals surface area contributed by atoms with E-state index in [2.05, 4.69) is 0 Å². The van der Waals surface area contributed by atoms with Crippen molar-refractivity contribution in [3.05, 3.63) is 6.10 Å². The largest absolute Gasteiger partial charge is 0.850 e. The highest BCUT2D eigenvalue weighted by Crippen LogP contribution is 2.31. The fourth-order valence-electron chi connectivity index (χ4n) is 0.815. The summed E-state index contributed by atoms with van der Waals surface area (Å²) in [6.07, 6.45) is 3.95. The van der Waals surface area contributed by atoms with Crippen LogP contribution in [0.25, 0.3) is 0 Å². The highest BCUT2D eigenvalue weighted by atomic mass is 16.3. The van der Waals surface area contributed by atoms with Gasteiger partial charge in [0.15, 0.2) is 0 Å². The molecule has 1 heteroatoms. The van der Waals surface area contributed by atoms with Crippen molar-refractivity contribution in [2.45, 2.75) is 26.2 Å². The maximum atomic E-state index is 10.4. The lowest BCUT2D eigenvalue weighted by molar-refractivity contribution is -0.366. The predicted octanol–water partition coefficient (Wildman–Crippen LogP) is 0.699. The molecule has 7 heavy (non-hydrogen) atoms. The molecule has 0 heterocycles. The average molecular weight is 98.1 g/mol. The van der Waals surface area contributed by atoms with Crippen molar-refractivity contribution < 1.29 is 5.11 Å². The van der Waals surface area contributed by atoms with Crippen LogP contribution in [0.2, 0.25) is 0 Å². The zero-order valence-corrected chi connectivity index (χ0v) is 4.61. The van der Waals surface area contributed by atoms with Crippen LogP contribution >= 0.6 is 0 Å². The first-order valence-corrected chi connectivity index (χ1v) is 2.81. The number of rotatable bonds is 1. The van der Waals surface area contributed by atoms with Gasteiger partial charge in [0.1, 0.15) is 0 Å². The van der Waals surface area contributed by atoms with Gasteiger partial charge in [-0.15, -0.1) is 6.10 Å². The van der Waals surface area contributed by atoms with Gasteiger partial charge < -0.3 is 5.11 Å². The molecule has 0 spiro atoms. The average Bonchev–Trinajstić information content (AvgIpc) is 1.23. The van der Waals surface area contributed by atoms with E-state index in [0.717, 1.165) is 12.8 Å². The first-order valence-electron chi connectivity index (χ1n) is 2.81. The van der Waals surface area contributed by atoms with Gasteiger partial charge >= 0.3 is 0 Å². The standard InChI is InChI=1S/C6H10O/c1-5(7)6-3-2-4-6/h6H,2-4H2,1H3/q-1. The second-order valence-electron chi connectivity index (χ2n) is 2.24. The van der Waals surface area contributed by atoms with Gasteiger partial charge in [-0.3, -0.25) is 0 Å². The van der Waals surface area contributed by atoms with Crippen molar-refractivity contribution in [3.8, 4) is 0 Å². The van der Waals surface area contributed by atoms with Crippen molar-refractivity contribution in [2.75, 3.05) is 0 Å². The maximum absolute atomic E-state index is 10.4. The monoisotopic (exact) mass is 98.1 g/mol. The normalized spacial score (nSPS) is 22.7. The summed E-state index contributed by atoms with van der Waals surface area (Å²) in [7, 11) is 0. The summed E-state index contributed by atoms with van der Waals surface area (Å²) in [4.78, 5) is 0. The smallest absolute Gasteiger partial charge is 0.0512 e. The molecule has 0 saturated heterocycles. The van der Waals surface area contributed by atoms with Gasteiger partial charge in [0, 0.05) is 0 Å². The van der Waals surface area contributed by atoms with Gasteiger partial charge in [-0.1, -0.05) is 32.1 Å². The van der Waals surface area contributed by atoms with Gasteiger partial charge in [0.25, 0.3) is 0 Å². The van der Waals surface area contributed by atoms with Crippen LogP contribution in [-0.2, 0) is 0 Å². The summed E-state index contributed by atoms with van der Waals surface area (Å²) in [6, 6.07) is 0. The predicted molar refractivity (Wildman–Crippen MR) is 26.3 cm³/mol. The molecule has 0 aliphatic heterocycles. The molecule has 0 aromatic carbocycles. The van der Waals surface area contributed by atoms with Gasteiger partial charge in [0.05, 0.1) is 0 Å². The van der Waals surface area contributed by atoms with E-state index < -0.39 is 0 Å². The van der Waals surface area contributed by atoms with Crippen molar-refractivity contribution in [2.24, 2.45) is 5.92 Å². The molecule has 1 aliphatic carbocycles. The van der Waals surface area contributed by atoms with Crippen LogP contribution in [0.15, 0.2) is 0 Å². The van der Waals surface area contributed by atoms with Crippen molar-refractivity contribution in [1.29, 1.82) is 0 Å². The van der Waals surface area contributed by atoms with E-state index >= 15 is 0 Å². The fraction of sp³-hybridized carbons (Fsp3) is 0.833. The van der Waals surface area contributed by atoms with E-state index in [9.17, 15) is 5.11 Å². The third kappa shape index (κ3) is 0.942. The lowest BCUT2D eigenvalue weighted by Gasteiger charge is -2.35. The van der Waals surface area contributed by atoms with Gasteiger partial charge in [-0.2, -0.15) is 0 Å². The Kier molecular flexibility index (Phi) is 1.33. The second-order valence-corrected chi connectivity index (χ2v) is 2.24. The minimum absolute atomic E-state index is 0.381. The Hall–Kier alpha value is -0.0400. The molecule has 1 saturated carbocycles. The Morgan fingerprint density at radius 2 is 2.14 bits per heavy atom. The molecule has 0 aromatic rings. The summed E-state index contributed by atoms with van der Waals surface area (Å²) in [5.41, 5.74) is 0. The van der Waals surface area contributed by atoms with E-state index in [-0.39, 0.29) is 0 Å². The van der Waals surface area contributed by atoms with Crippen LogP contribution in [-0.4, -0.2) is 0 Å². The van der Waals surface area contributed by atoms with E-state index in [4.69, 9.17) is 0 Å². The minimum atomic E-state index is 0.381. The van der Waals surface area contributed by atoms with Crippen molar-refractivity contribution >= 4 is 0 Å². The minimum Gasteiger partial charge on any atom is -0.850 e. The zero-order chi connectivity index (χ0) is 5.28. The van der Waals surface area contributed by atoms with Gasteiger partial charge in [-0.25, -0.2) is 0 Å². The Morgan fingerprint density at radius 3 is 2.14 bits per heavy atom. The lowest BCUT2D eigenvalue weighted by Crippen LogP contribution is -2.26. The fourth-order valence-corrected chi connectivity index (χ4v) is 0.815. The first kappa shape index (κ1) is 5.10. The highest BCUT2D eigenvalue weighted by molar-refractivity contribution is 4.84. The summed E-state index contributed by atoms with van der Waals surface area (Å²) in [5.74, 6) is 0.444. The Labute approximate surface area is 44.4 Å². The summed E-state index contributed by atoms with van der Waals surface area (Å²) >= 11 is 0. The SMILES string of the molecule is C[C]([O-])C1CCC1. The molecule has 1 fully saturated rings. The molecule has 0 bridgehead atoms. The van der Waals surface area contributed by atoms with Crippen LogP contribution in [0, 0.1) is 12.0 Å². The third-order valence-corrected chi connectivity index (χ3v) is 1.68. The molecule has 0 N–H and O–H groups in total. The molecule has 1 radical (unpaired) electrons. The zero-order valence-electron chi connectivity index (χ0n) is 4.61. The highest BCUT2D eigenvalue weighted by Gasteiger charge is 2.16. The molecule has 1 aliphatic rings. The van der Waals surface area contributed by atoms with Crippen molar-refractivity contribution in [1.82, 2.24) is 0 Å². The molecular weight excluding hydrogens is 88.1 g/mol. The van der Waals surface area contributed by atoms with Crippen LogP contribution in [0.5, 0.6) is 0 Å². The van der Waals surface area contributed by atoms with Crippen LogP contribution < -0.4 is 5.11 Å². The quantitative estimate of drug-likeness (QED) is 0.473. The summed E-state index contributed by atoms with van der Waals surface area (Å²) in [6.45, 7) is 1.68. The molecule has 0 aromatic heterocycles. The Balaban J connectivity index is 2.14. The number of hydrogen-bond acceptors (Lipinski definition) is 1. The first-order chi connectivity index (χ1) is 3.30. The molecule has 0 amide bonds. The summed E-state index contributed by atoms with van der Waals surface area (Å²) in [5, 5.41) is 10.4. The van der Waals surface area contributed by atoms with Crippen LogP contribution in [0.3, 0.4) is 0 Å². The Bertz CT molecular complexity index is 55.2. The number of hydrogen-bond donors (Lipinski definition) is 0. The third-order valence-electron chi connectivity index (χ3n) is 1.68. The Morgan fingerprint density at radius 1 is 1.57 bits per heavy atom.